The zero-order valence-corrected chi connectivity index (χ0v) is 21.2. The van der Waals surface area contributed by atoms with E-state index in [-0.39, 0.29) is 23.9 Å². The van der Waals surface area contributed by atoms with Crippen LogP contribution >= 0.6 is 0 Å². The zero-order chi connectivity index (χ0) is 26.4. The molecule has 4 aromatic rings. The summed E-state index contributed by atoms with van der Waals surface area (Å²) in [7, 11) is 0. The Labute approximate surface area is 220 Å². The molecule has 38 heavy (non-hydrogen) atoms. The lowest BCUT2D eigenvalue weighted by Crippen LogP contribution is -2.40. The van der Waals surface area contributed by atoms with Gasteiger partial charge in [-0.2, -0.15) is 0 Å². The summed E-state index contributed by atoms with van der Waals surface area (Å²) in [5, 5.41) is 2.83. The first kappa shape index (κ1) is 23.7. The summed E-state index contributed by atoms with van der Waals surface area (Å²) in [6.07, 6.45) is 8.13. The molecule has 2 amide bonds. The minimum atomic E-state index is -0.251. The second-order valence-corrected chi connectivity index (χ2v) is 9.86. The van der Waals surface area contributed by atoms with Gasteiger partial charge in [0.1, 0.15) is 28.7 Å². The minimum Gasteiger partial charge on any atom is -0.382 e. The maximum Gasteiger partial charge on any atom is 0.299 e. The number of fused-ring (bicyclic) bond motifs is 3. The summed E-state index contributed by atoms with van der Waals surface area (Å²) < 4.78 is 1.95. The van der Waals surface area contributed by atoms with Crippen molar-refractivity contribution in [1.82, 2.24) is 24.3 Å². The maximum atomic E-state index is 13.0. The molecule has 4 heterocycles. The summed E-state index contributed by atoms with van der Waals surface area (Å²) in [5.41, 5.74) is 10.0. The van der Waals surface area contributed by atoms with E-state index >= 15 is 0 Å². The fourth-order valence-corrected chi connectivity index (χ4v) is 5.85. The van der Waals surface area contributed by atoms with Gasteiger partial charge in [-0.25, -0.2) is 15.0 Å². The second kappa shape index (κ2) is 9.30. The fraction of sp³-hybridized carbons (Fsp3) is 0.276. The highest BCUT2D eigenvalue weighted by molar-refractivity contribution is 6.04. The number of aryl methyl sites for hydroxylation is 1. The number of pyridine rings is 1. The maximum absolute atomic E-state index is 13.0. The molecule has 6 rings (SSSR count). The van der Waals surface area contributed by atoms with Crippen LogP contribution in [0.1, 0.15) is 54.0 Å². The summed E-state index contributed by atoms with van der Waals surface area (Å²) in [5.74, 6) is 6.99. The summed E-state index contributed by atoms with van der Waals surface area (Å²) >= 11 is 0. The average molecular weight is 506 g/mol. The Morgan fingerprint density at radius 2 is 1.92 bits per heavy atom. The molecule has 9 heteroatoms. The topological polar surface area (TPSA) is 119 Å². The van der Waals surface area contributed by atoms with Gasteiger partial charge in [-0.05, 0) is 74.8 Å². The average Bonchev–Trinajstić information content (AvgIpc) is 3.63. The van der Waals surface area contributed by atoms with Crippen LogP contribution in [0.4, 0.5) is 11.6 Å². The van der Waals surface area contributed by atoms with Crippen molar-refractivity contribution in [2.45, 2.75) is 45.2 Å². The van der Waals surface area contributed by atoms with Gasteiger partial charge < -0.3 is 16.0 Å². The highest BCUT2D eigenvalue weighted by Crippen LogP contribution is 2.50. The van der Waals surface area contributed by atoms with E-state index in [9.17, 15) is 9.59 Å². The Bertz CT molecular complexity index is 1630. The Morgan fingerprint density at radius 3 is 2.68 bits per heavy atom. The third-order valence-corrected chi connectivity index (χ3v) is 7.50. The number of imidazole rings is 1. The normalized spacial score (nSPS) is 19.8. The van der Waals surface area contributed by atoms with Crippen molar-refractivity contribution in [3.05, 3.63) is 71.9 Å². The molecule has 1 aromatic carbocycles. The minimum absolute atomic E-state index is 0.163. The zero-order valence-electron chi connectivity index (χ0n) is 21.2. The van der Waals surface area contributed by atoms with Crippen molar-refractivity contribution >= 4 is 29.0 Å². The molecular weight excluding hydrogens is 478 g/mol. The van der Waals surface area contributed by atoms with Crippen molar-refractivity contribution in [2.24, 2.45) is 5.92 Å². The van der Waals surface area contributed by atoms with Crippen molar-refractivity contribution in [2.75, 3.05) is 11.1 Å². The molecule has 1 aliphatic heterocycles. The molecule has 3 aromatic heterocycles. The number of hydrogen-bond acceptors (Lipinski definition) is 6. The number of nitrogens with two attached hydrogens (primary N) is 1. The monoisotopic (exact) mass is 505 g/mol. The number of aromatic nitrogens is 4. The summed E-state index contributed by atoms with van der Waals surface area (Å²) in [6.45, 7) is 3.62. The van der Waals surface area contributed by atoms with Crippen LogP contribution in [0, 0.1) is 24.7 Å². The SMILES string of the molecule is CC#CC(=O)N1C2CC[C@@H](C2)C1c1nc(-c2ccc(C(=O)Nc3cc(C)ccn3)cc2)c2c(N)nccn12. The van der Waals surface area contributed by atoms with Gasteiger partial charge in [0.25, 0.3) is 11.8 Å². The molecule has 1 saturated carbocycles. The van der Waals surface area contributed by atoms with Gasteiger partial charge in [0.2, 0.25) is 0 Å². The van der Waals surface area contributed by atoms with Crippen molar-refractivity contribution in [3.63, 3.8) is 0 Å². The van der Waals surface area contributed by atoms with Crippen LogP contribution in [0.15, 0.2) is 55.0 Å². The van der Waals surface area contributed by atoms with Crippen LogP contribution in [0.3, 0.4) is 0 Å². The van der Waals surface area contributed by atoms with E-state index in [1.165, 1.54) is 0 Å². The van der Waals surface area contributed by atoms with Gasteiger partial charge in [0, 0.05) is 35.8 Å². The lowest BCUT2D eigenvalue weighted by Gasteiger charge is -2.33. The summed E-state index contributed by atoms with van der Waals surface area (Å²) in [6, 6.07) is 10.9. The quantitative estimate of drug-likeness (QED) is 0.405. The number of piperidine rings is 1. The molecule has 9 nitrogen and oxygen atoms in total. The predicted octanol–water partition coefficient (Wildman–Crippen LogP) is 4.01. The Kier molecular flexibility index (Phi) is 5.80. The molecule has 2 bridgehead atoms. The Balaban J connectivity index is 1.37. The molecule has 2 aliphatic rings. The lowest BCUT2D eigenvalue weighted by molar-refractivity contribution is -0.129. The van der Waals surface area contributed by atoms with Crippen LogP contribution in [0.25, 0.3) is 16.8 Å². The van der Waals surface area contributed by atoms with Crippen molar-refractivity contribution in [3.8, 4) is 23.1 Å². The van der Waals surface area contributed by atoms with Crippen molar-refractivity contribution in [1.29, 1.82) is 0 Å². The third-order valence-electron chi connectivity index (χ3n) is 7.50. The number of hydrogen-bond donors (Lipinski definition) is 2. The first-order valence-electron chi connectivity index (χ1n) is 12.7. The van der Waals surface area contributed by atoms with E-state index in [2.05, 4.69) is 27.1 Å². The molecule has 0 radical (unpaired) electrons. The lowest BCUT2D eigenvalue weighted by atomic mass is 9.98. The smallest absolute Gasteiger partial charge is 0.299 e. The number of nitrogens with one attached hydrogen (secondary N) is 1. The molecule has 2 fully saturated rings. The molecule has 2 unspecified atom stereocenters. The van der Waals surface area contributed by atoms with E-state index in [1.54, 1.807) is 31.5 Å². The van der Waals surface area contributed by atoms with Crippen LogP contribution in [0.2, 0.25) is 0 Å². The van der Waals surface area contributed by atoms with Crippen LogP contribution in [-0.2, 0) is 4.79 Å². The van der Waals surface area contributed by atoms with Gasteiger partial charge in [-0.3, -0.25) is 14.0 Å². The van der Waals surface area contributed by atoms with Gasteiger partial charge in [0.05, 0.1) is 6.04 Å². The Morgan fingerprint density at radius 1 is 1.11 bits per heavy atom. The van der Waals surface area contributed by atoms with Crippen molar-refractivity contribution < 1.29 is 9.59 Å². The number of nitrogens with zero attached hydrogens (tertiary/aromatic N) is 5. The number of benzene rings is 1. The summed E-state index contributed by atoms with van der Waals surface area (Å²) in [4.78, 5) is 41.3. The number of likely N-dealkylation sites (tertiary alicyclic amines) is 1. The van der Waals surface area contributed by atoms with Crippen LogP contribution in [-0.4, -0.2) is 42.1 Å². The number of nitrogen functional groups attached to an aromatic ring is 1. The van der Waals surface area contributed by atoms with E-state index < -0.39 is 0 Å². The first-order valence-corrected chi connectivity index (χ1v) is 12.7. The predicted molar refractivity (Wildman–Crippen MR) is 144 cm³/mol. The molecular formula is C29H27N7O2. The molecule has 0 spiro atoms. The van der Waals surface area contributed by atoms with E-state index in [0.717, 1.165) is 36.2 Å². The number of anilines is 2. The van der Waals surface area contributed by atoms with E-state index in [1.807, 2.05) is 46.7 Å². The van der Waals surface area contributed by atoms with Gasteiger partial charge >= 0.3 is 0 Å². The van der Waals surface area contributed by atoms with E-state index in [0.29, 0.717) is 34.3 Å². The van der Waals surface area contributed by atoms with Gasteiger partial charge in [-0.1, -0.05) is 18.1 Å². The first-order chi connectivity index (χ1) is 18.4. The second-order valence-electron chi connectivity index (χ2n) is 9.86. The van der Waals surface area contributed by atoms with Gasteiger partial charge in [0.15, 0.2) is 0 Å². The highest BCUT2D eigenvalue weighted by Gasteiger charge is 2.50. The highest BCUT2D eigenvalue weighted by atomic mass is 16.2. The number of carbonyl (C=O) groups is 2. The Hall–Kier alpha value is -4.71. The van der Waals surface area contributed by atoms with Crippen LogP contribution in [0.5, 0.6) is 0 Å². The molecule has 1 aliphatic carbocycles. The fourth-order valence-electron chi connectivity index (χ4n) is 5.85. The van der Waals surface area contributed by atoms with Gasteiger partial charge in [-0.15, -0.1) is 0 Å². The number of rotatable bonds is 4. The van der Waals surface area contributed by atoms with Crippen LogP contribution < -0.4 is 11.1 Å². The van der Waals surface area contributed by atoms with E-state index in [4.69, 9.17) is 10.7 Å². The molecule has 1 saturated heterocycles. The number of carbonyl (C=O) groups excluding carboxylic acids is 2. The largest absolute Gasteiger partial charge is 0.382 e. The standard InChI is InChI=1S/C29H27N7O2/c1-3-4-23(37)36-21-10-9-20(16-21)25(36)28-34-24(26-27(30)32-13-14-35(26)28)18-5-7-19(8-6-18)29(38)33-22-15-17(2)11-12-31-22/h5-8,11-15,20-21,25H,9-10,16H2,1-2H3,(H2,30,32)(H,31,33,38)/t20-,21?,25?/m0/s1. The third kappa shape index (κ3) is 3.95. The molecule has 190 valence electrons. The number of amides is 2. The molecule has 3 N–H and O–H groups in total. The molecule has 3 atom stereocenters.